The Kier molecular flexibility index (Phi) is 9.02. The van der Waals surface area contributed by atoms with Crippen molar-refractivity contribution in [2.24, 2.45) is 0 Å². The number of halogens is 2. The molecule has 180 valence electrons. The zero-order valence-corrected chi connectivity index (χ0v) is 19.3. The van der Waals surface area contributed by atoms with Crippen molar-refractivity contribution < 1.29 is 28.5 Å². The van der Waals surface area contributed by atoms with E-state index in [0.29, 0.717) is 11.3 Å². The van der Waals surface area contributed by atoms with Gasteiger partial charge < -0.3 is 14.9 Å². The normalized spacial score (nSPS) is 13.0. The maximum absolute atomic E-state index is 13.9. The lowest BCUT2D eigenvalue weighted by Crippen LogP contribution is -1.99. The van der Waals surface area contributed by atoms with Crippen molar-refractivity contribution in [1.82, 2.24) is 0 Å². The molecule has 4 nitrogen and oxygen atoms in total. The van der Waals surface area contributed by atoms with Gasteiger partial charge in [-0.2, -0.15) is 0 Å². The Labute approximate surface area is 198 Å². The number of fused-ring (bicyclic) bond motifs is 1. The number of carboxylic acids is 1. The van der Waals surface area contributed by atoms with Crippen molar-refractivity contribution >= 4 is 5.97 Å². The fourth-order valence-corrected chi connectivity index (χ4v) is 3.59. The highest BCUT2D eigenvalue weighted by atomic mass is 19.1. The summed E-state index contributed by atoms with van der Waals surface area (Å²) in [7, 11) is 1.60. The first-order valence-electron chi connectivity index (χ1n) is 11.5. The molecule has 0 bridgehead atoms. The molecular weight excluding hydrogens is 438 g/mol. The minimum Gasteiger partial charge on any atom is -0.505 e. The minimum absolute atomic E-state index is 0.0928. The van der Waals surface area contributed by atoms with Gasteiger partial charge in [0.15, 0.2) is 11.6 Å². The molecule has 6 heteroatoms. The molecule has 0 aromatic heterocycles. The molecule has 0 aliphatic heterocycles. The predicted octanol–water partition coefficient (Wildman–Crippen LogP) is 6.71. The highest BCUT2D eigenvalue weighted by molar-refractivity contribution is 5.68. The number of benzene rings is 3. The molecule has 0 unspecified atom stereocenters. The summed E-state index contributed by atoms with van der Waals surface area (Å²) >= 11 is 0. The SMILES string of the molecule is C1CC1.COc1ccc(F)c(-c2ccc3c(c2)CCC3)c1.O=C(O)CCc1cccc(O)c1F. The molecule has 0 atom stereocenters. The standard InChI is InChI=1S/C16H15FO.C9H9FO3.C3H6/c1-18-14-7-8-16(17)15(10-14)13-6-5-11-3-2-4-12(11)9-13;10-9-6(4-5-8(12)13)2-1-3-7(9)11;1-2-3-1/h5-10H,2-4H2,1H3;1-3,11H,4-5H2,(H,12,13);1-3H2. The van der Waals surface area contributed by atoms with Crippen molar-refractivity contribution in [3.05, 3.63) is 82.9 Å². The summed E-state index contributed by atoms with van der Waals surface area (Å²) in [6, 6.07) is 15.3. The Morgan fingerprint density at radius 3 is 2.35 bits per heavy atom. The Morgan fingerprint density at radius 1 is 0.941 bits per heavy atom. The number of hydrogen-bond acceptors (Lipinski definition) is 3. The number of phenols is 1. The van der Waals surface area contributed by atoms with Crippen LogP contribution in [-0.4, -0.2) is 23.3 Å². The van der Waals surface area contributed by atoms with E-state index in [0.717, 1.165) is 18.4 Å². The summed E-state index contributed by atoms with van der Waals surface area (Å²) in [4.78, 5) is 10.2. The highest BCUT2D eigenvalue weighted by Gasteiger charge is 2.13. The molecule has 0 amide bonds. The molecule has 0 heterocycles. The smallest absolute Gasteiger partial charge is 0.303 e. The molecule has 1 saturated carbocycles. The summed E-state index contributed by atoms with van der Waals surface area (Å²) < 4.78 is 32.1. The van der Waals surface area contributed by atoms with Gasteiger partial charge in [0.25, 0.3) is 0 Å². The number of aromatic hydroxyl groups is 1. The lowest BCUT2D eigenvalue weighted by molar-refractivity contribution is -0.136. The van der Waals surface area contributed by atoms with Crippen LogP contribution in [-0.2, 0) is 24.1 Å². The first kappa shape index (κ1) is 25.2. The molecule has 5 rings (SSSR count). The van der Waals surface area contributed by atoms with E-state index >= 15 is 0 Å². The van der Waals surface area contributed by atoms with Crippen molar-refractivity contribution in [3.63, 3.8) is 0 Å². The highest BCUT2D eigenvalue weighted by Crippen LogP contribution is 2.31. The molecule has 0 radical (unpaired) electrons. The number of aliphatic carboxylic acids is 1. The number of hydrogen-bond donors (Lipinski definition) is 2. The maximum atomic E-state index is 13.9. The summed E-state index contributed by atoms with van der Waals surface area (Å²) in [6.07, 6.45) is 7.92. The summed E-state index contributed by atoms with van der Waals surface area (Å²) in [5.74, 6) is -1.67. The fourth-order valence-electron chi connectivity index (χ4n) is 3.59. The molecule has 2 N–H and O–H groups in total. The van der Waals surface area contributed by atoms with Gasteiger partial charge in [0.2, 0.25) is 0 Å². The van der Waals surface area contributed by atoms with Crippen LogP contribution in [0.4, 0.5) is 8.78 Å². The van der Waals surface area contributed by atoms with E-state index in [2.05, 4.69) is 12.1 Å². The number of aryl methyl sites for hydroxylation is 3. The van der Waals surface area contributed by atoms with E-state index in [1.54, 1.807) is 19.2 Å². The second-order valence-electron chi connectivity index (χ2n) is 8.39. The van der Waals surface area contributed by atoms with Gasteiger partial charge in [0.1, 0.15) is 11.6 Å². The molecule has 0 spiro atoms. The second-order valence-corrected chi connectivity index (χ2v) is 8.39. The van der Waals surface area contributed by atoms with Crippen molar-refractivity contribution in [2.75, 3.05) is 7.11 Å². The van der Waals surface area contributed by atoms with Crippen LogP contribution >= 0.6 is 0 Å². The monoisotopic (exact) mass is 468 g/mol. The number of phenolic OH excluding ortho intramolecular Hbond substituents is 1. The number of carbonyl (C=O) groups is 1. The van der Waals surface area contributed by atoms with E-state index in [1.165, 1.54) is 61.1 Å². The van der Waals surface area contributed by atoms with E-state index < -0.39 is 17.5 Å². The zero-order valence-electron chi connectivity index (χ0n) is 19.3. The number of rotatable bonds is 5. The van der Waals surface area contributed by atoms with Crippen LogP contribution in [0, 0.1) is 11.6 Å². The third-order valence-electron chi connectivity index (χ3n) is 5.60. The Hall–Kier alpha value is -3.41. The average Bonchev–Trinajstić information content (AvgIpc) is 3.65. The summed E-state index contributed by atoms with van der Waals surface area (Å²) in [5.41, 5.74) is 4.54. The van der Waals surface area contributed by atoms with Gasteiger partial charge in [-0.05, 0) is 72.2 Å². The predicted molar refractivity (Wildman–Crippen MR) is 128 cm³/mol. The number of carboxylic acid groups (broad SMARTS) is 1. The molecule has 3 aromatic rings. The third-order valence-corrected chi connectivity index (χ3v) is 5.60. The first-order valence-corrected chi connectivity index (χ1v) is 11.5. The van der Waals surface area contributed by atoms with E-state index in [9.17, 15) is 13.6 Å². The minimum atomic E-state index is -0.984. The van der Waals surface area contributed by atoms with Crippen molar-refractivity contribution in [3.8, 4) is 22.6 Å². The molecule has 0 saturated heterocycles. The number of ether oxygens (including phenoxy) is 1. The molecular formula is C28H30F2O4. The molecule has 2 aliphatic rings. The first-order chi connectivity index (χ1) is 16.4. The van der Waals surface area contributed by atoms with Crippen LogP contribution in [0.25, 0.3) is 11.1 Å². The van der Waals surface area contributed by atoms with Gasteiger partial charge in [-0.3, -0.25) is 4.79 Å². The number of methoxy groups -OCH3 is 1. The van der Waals surface area contributed by atoms with Crippen LogP contribution in [0.5, 0.6) is 11.5 Å². The van der Waals surface area contributed by atoms with E-state index in [1.807, 2.05) is 6.07 Å². The lowest BCUT2D eigenvalue weighted by Gasteiger charge is -2.08. The Bertz CT molecular complexity index is 1120. The van der Waals surface area contributed by atoms with Gasteiger partial charge in [0.05, 0.1) is 7.11 Å². The second kappa shape index (κ2) is 12.2. The van der Waals surface area contributed by atoms with Gasteiger partial charge in [-0.15, -0.1) is 0 Å². The summed E-state index contributed by atoms with van der Waals surface area (Å²) in [5, 5.41) is 17.3. The van der Waals surface area contributed by atoms with Gasteiger partial charge >= 0.3 is 5.97 Å². The van der Waals surface area contributed by atoms with Crippen molar-refractivity contribution in [1.29, 1.82) is 0 Å². The van der Waals surface area contributed by atoms with Gasteiger partial charge in [0, 0.05) is 12.0 Å². The Morgan fingerprint density at radius 2 is 1.68 bits per heavy atom. The van der Waals surface area contributed by atoms with Crippen LogP contribution in [0.2, 0.25) is 0 Å². The van der Waals surface area contributed by atoms with E-state index in [4.69, 9.17) is 14.9 Å². The zero-order chi connectivity index (χ0) is 24.5. The van der Waals surface area contributed by atoms with E-state index in [-0.39, 0.29) is 24.2 Å². The molecule has 34 heavy (non-hydrogen) atoms. The van der Waals surface area contributed by atoms with Crippen molar-refractivity contribution in [2.45, 2.75) is 51.4 Å². The fraction of sp³-hybridized carbons (Fsp3) is 0.321. The lowest BCUT2D eigenvalue weighted by atomic mass is 10.00. The largest absolute Gasteiger partial charge is 0.505 e. The van der Waals surface area contributed by atoms with Crippen LogP contribution < -0.4 is 4.74 Å². The average molecular weight is 469 g/mol. The van der Waals surface area contributed by atoms with Crippen LogP contribution in [0.15, 0.2) is 54.6 Å². The maximum Gasteiger partial charge on any atom is 0.303 e. The topological polar surface area (TPSA) is 66.8 Å². The van der Waals surface area contributed by atoms with Crippen LogP contribution in [0.1, 0.15) is 48.8 Å². The quantitative estimate of drug-likeness (QED) is 0.437. The van der Waals surface area contributed by atoms with Gasteiger partial charge in [-0.25, -0.2) is 8.78 Å². The Balaban J connectivity index is 0.000000177. The van der Waals surface area contributed by atoms with Crippen LogP contribution in [0.3, 0.4) is 0 Å². The molecule has 2 aliphatic carbocycles. The van der Waals surface area contributed by atoms with Gasteiger partial charge in [-0.1, -0.05) is 49.6 Å². The molecule has 1 fully saturated rings. The molecule has 3 aromatic carbocycles. The summed E-state index contributed by atoms with van der Waals surface area (Å²) in [6.45, 7) is 0. The third kappa shape index (κ3) is 7.30.